The van der Waals surface area contributed by atoms with Crippen molar-refractivity contribution in [1.29, 1.82) is 0 Å². The minimum Gasteiger partial charge on any atom is -0.306 e. The number of hydrogen-bond acceptors (Lipinski definition) is 1. The van der Waals surface area contributed by atoms with E-state index in [0.29, 0.717) is 16.6 Å². The first-order valence-corrected chi connectivity index (χ1v) is 6.95. The SMILES string of the molecule is CCNC(c1ccc(Br)c(F)c1)c1cc(F)ccc1F. The van der Waals surface area contributed by atoms with Gasteiger partial charge in [-0.05, 0) is 58.4 Å². The summed E-state index contributed by atoms with van der Waals surface area (Å²) >= 11 is 3.07. The summed E-state index contributed by atoms with van der Waals surface area (Å²) in [5, 5.41) is 3.04. The second kappa shape index (κ2) is 6.41. The van der Waals surface area contributed by atoms with E-state index in [0.717, 1.165) is 18.2 Å². The maximum Gasteiger partial charge on any atom is 0.137 e. The fraction of sp³-hybridized carbons (Fsp3) is 0.200. The summed E-state index contributed by atoms with van der Waals surface area (Å²) in [6, 6.07) is 7.19. The topological polar surface area (TPSA) is 12.0 Å². The van der Waals surface area contributed by atoms with Gasteiger partial charge in [-0.1, -0.05) is 13.0 Å². The van der Waals surface area contributed by atoms with Gasteiger partial charge in [-0.15, -0.1) is 0 Å². The van der Waals surface area contributed by atoms with Crippen LogP contribution in [-0.2, 0) is 0 Å². The summed E-state index contributed by atoms with van der Waals surface area (Å²) < 4.78 is 41.2. The van der Waals surface area contributed by atoms with E-state index in [-0.39, 0.29) is 5.56 Å². The van der Waals surface area contributed by atoms with Crippen molar-refractivity contribution in [2.24, 2.45) is 0 Å². The van der Waals surface area contributed by atoms with E-state index in [1.165, 1.54) is 6.07 Å². The van der Waals surface area contributed by atoms with E-state index >= 15 is 0 Å². The predicted molar refractivity (Wildman–Crippen MR) is 76.0 cm³/mol. The molecule has 0 aliphatic heterocycles. The van der Waals surface area contributed by atoms with E-state index in [2.05, 4.69) is 21.2 Å². The van der Waals surface area contributed by atoms with Crippen molar-refractivity contribution in [3.8, 4) is 0 Å². The van der Waals surface area contributed by atoms with Crippen LogP contribution >= 0.6 is 15.9 Å². The third-order valence-corrected chi connectivity index (χ3v) is 3.60. The van der Waals surface area contributed by atoms with Crippen molar-refractivity contribution in [2.45, 2.75) is 13.0 Å². The van der Waals surface area contributed by atoms with Crippen LogP contribution in [0.3, 0.4) is 0 Å². The maximum absolute atomic E-state index is 13.9. The van der Waals surface area contributed by atoms with Crippen molar-refractivity contribution in [3.05, 3.63) is 69.4 Å². The van der Waals surface area contributed by atoms with E-state index in [1.54, 1.807) is 12.1 Å². The molecule has 0 amide bonds. The Kier molecular flexibility index (Phi) is 4.83. The molecular weight excluding hydrogens is 331 g/mol. The second-order valence-electron chi connectivity index (χ2n) is 4.33. The van der Waals surface area contributed by atoms with Gasteiger partial charge in [0.25, 0.3) is 0 Å². The van der Waals surface area contributed by atoms with Crippen molar-refractivity contribution in [2.75, 3.05) is 6.54 Å². The first-order chi connectivity index (χ1) is 9.52. The average molecular weight is 344 g/mol. The molecular formula is C15H13BrF3N. The number of benzene rings is 2. The minimum absolute atomic E-state index is 0.161. The lowest BCUT2D eigenvalue weighted by Gasteiger charge is -2.20. The second-order valence-corrected chi connectivity index (χ2v) is 5.18. The minimum atomic E-state index is -0.599. The third-order valence-electron chi connectivity index (χ3n) is 2.95. The molecule has 2 rings (SSSR count). The van der Waals surface area contributed by atoms with Crippen LogP contribution in [0, 0.1) is 17.5 Å². The lowest BCUT2D eigenvalue weighted by molar-refractivity contribution is 0.541. The van der Waals surface area contributed by atoms with E-state index < -0.39 is 23.5 Å². The standard InChI is InChI=1S/C15H13BrF3N/c1-2-20-15(9-3-5-12(16)14(19)7-9)11-8-10(17)4-6-13(11)18/h3-8,15,20H,2H2,1H3. The third kappa shape index (κ3) is 3.22. The van der Waals surface area contributed by atoms with Gasteiger partial charge in [-0.25, -0.2) is 13.2 Å². The average Bonchev–Trinajstić information content (AvgIpc) is 2.42. The van der Waals surface area contributed by atoms with Crippen LogP contribution < -0.4 is 5.32 Å². The van der Waals surface area contributed by atoms with Gasteiger partial charge in [-0.2, -0.15) is 0 Å². The molecule has 0 radical (unpaired) electrons. The monoisotopic (exact) mass is 343 g/mol. The lowest BCUT2D eigenvalue weighted by Crippen LogP contribution is -2.23. The molecule has 0 fully saturated rings. The molecule has 2 aromatic rings. The lowest BCUT2D eigenvalue weighted by atomic mass is 9.98. The Balaban J connectivity index is 2.49. The Hall–Kier alpha value is -1.33. The molecule has 0 saturated heterocycles. The Morgan fingerprint density at radius 1 is 1.05 bits per heavy atom. The fourth-order valence-corrected chi connectivity index (χ4v) is 2.29. The Morgan fingerprint density at radius 2 is 1.80 bits per heavy atom. The van der Waals surface area contributed by atoms with Gasteiger partial charge >= 0.3 is 0 Å². The molecule has 1 atom stereocenters. The zero-order chi connectivity index (χ0) is 14.7. The Labute approximate surface area is 123 Å². The highest BCUT2D eigenvalue weighted by Gasteiger charge is 2.19. The van der Waals surface area contributed by atoms with Gasteiger partial charge in [0.05, 0.1) is 10.5 Å². The number of nitrogens with one attached hydrogen (secondary N) is 1. The Morgan fingerprint density at radius 3 is 2.45 bits per heavy atom. The van der Waals surface area contributed by atoms with E-state index in [4.69, 9.17) is 0 Å². The largest absolute Gasteiger partial charge is 0.306 e. The summed E-state index contributed by atoms with van der Waals surface area (Å²) in [4.78, 5) is 0. The molecule has 1 unspecified atom stereocenters. The molecule has 5 heteroatoms. The highest BCUT2D eigenvalue weighted by Crippen LogP contribution is 2.27. The van der Waals surface area contributed by atoms with Crippen LogP contribution in [0.4, 0.5) is 13.2 Å². The van der Waals surface area contributed by atoms with Crippen LogP contribution in [0.2, 0.25) is 0 Å². The highest BCUT2D eigenvalue weighted by molar-refractivity contribution is 9.10. The molecule has 0 heterocycles. The van der Waals surface area contributed by atoms with Crippen molar-refractivity contribution >= 4 is 15.9 Å². The zero-order valence-corrected chi connectivity index (χ0v) is 12.3. The first-order valence-electron chi connectivity index (χ1n) is 6.16. The quantitative estimate of drug-likeness (QED) is 0.857. The first kappa shape index (κ1) is 15.1. The van der Waals surface area contributed by atoms with Crippen LogP contribution in [0.25, 0.3) is 0 Å². The molecule has 2 aromatic carbocycles. The van der Waals surface area contributed by atoms with Crippen molar-refractivity contribution < 1.29 is 13.2 Å². The molecule has 0 saturated carbocycles. The molecule has 0 aromatic heterocycles. The fourth-order valence-electron chi connectivity index (χ4n) is 2.04. The van der Waals surface area contributed by atoms with Crippen LogP contribution in [0.1, 0.15) is 24.1 Å². The summed E-state index contributed by atoms with van der Waals surface area (Å²) in [7, 11) is 0. The molecule has 0 aliphatic carbocycles. The molecule has 1 N–H and O–H groups in total. The van der Waals surface area contributed by atoms with Crippen molar-refractivity contribution in [3.63, 3.8) is 0 Å². The summed E-state index contributed by atoms with van der Waals surface area (Å²) in [5.41, 5.74) is 0.700. The van der Waals surface area contributed by atoms with E-state index in [9.17, 15) is 13.2 Å². The van der Waals surface area contributed by atoms with Gasteiger partial charge in [0.1, 0.15) is 17.5 Å². The van der Waals surface area contributed by atoms with Crippen LogP contribution in [0.15, 0.2) is 40.9 Å². The van der Waals surface area contributed by atoms with Crippen molar-refractivity contribution in [1.82, 2.24) is 5.32 Å². The molecule has 0 bridgehead atoms. The number of rotatable bonds is 4. The molecule has 0 spiro atoms. The highest BCUT2D eigenvalue weighted by atomic mass is 79.9. The van der Waals surface area contributed by atoms with Gasteiger partial charge < -0.3 is 5.32 Å². The van der Waals surface area contributed by atoms with Gasteiger partial charge in [0, 0.05) is 5.56 Å². The number of hydrogen-bond donors (Lipinski definition) is 1. The summed E-state index contributed by atoms with van der Waals surface area (Å²) in [5.74, 6) is -1.50. The van der Waals surface area contributed by atoms with Gasteiger partial charge in [-0.3, -0.25) is 0 Å². The van der Waals surface area contributed by atoms with Crippen LogP contribution in [-0.4, -0.2) is 6.54 Å². The smallest absolute Gasteiger partial charge is 0.137 e. The van der Waals surface area contributed by atoms with E-state index in [1.807, 2.05) is 6.92 Å². The van der Waals surface area contributed by atoms with Gasteiger partial charge in [0.15, 0.2) is 0 Å². The zero-order valence-electron chi connectivity index (χ0n) is 10.8. The normalized spacial score (nSPS) is 12.4. The molecule has 0 aliphatic rings. The van der Waals surface area contributed by atoms with Crippen LogP contribution in [0.5, 0.6) is 0 Å². The maximum atomic E-state index is 13.9. The molecule has 1 nitrogen and oxygen atoms in total. The Bertz CT molecular complexity index is 616. The summed E-state index contributed by atoms with van der Waals surface area (Å²) in [6.07, 6.45) is 0. The van der Waals surface area contributed by atoms with Gasteiger partial charge in [0.2, 0.25) is 0 Å². The number of halogens is 4. The predicted octanol–water partition coefficient (Wildman–Crippen LogP) is 4.57. The molecule has 106 valence electrons. The molecule has 20 heavy (non-hydrogen) atoms. The summed E-state index contributed by atoms with van der Waals surface area (Å²) in [6.45, 7) is 2.39.